The van der Waals surface area contributed by atoms with Gasteiger partial charge < -0.3 is 0 Å². The number of rotatable bonds is 3. The van der Waals surface area contributed by atoms with Gasteiger partial charge in [0.05, 0.1) is 0 Å². The van der Waals surface area contributed by atoms with E-state index in [0.717, 1.165) is 12.8 Å². The average Bonchev–Trinajstić information content (AvgIpc) is 2.46. The summed E-state index contributed by atoms with van der Waals surface area (Å²) >= 11 is 0. The fraction of sp³-hybridized carbons (Fsp3) is 0.118. The fourth-order valence-electron chi connectivity index (χ4n) is 2.29. The smallest absolute Gasteiger partial charge is 0.0485 e. The van der Waals surface area contributed by atoms with Gasteiger partial charge in [-0.15, -0.1) is 12.4 Å². The molecular formula is C17H16ClN. The minimum Gasteiger partial charge on any atom is -0.261 e. The predicted molar refractivity (Wildman–Crippen MR) is 82.8 cm³/mol. The molecule has 3 rings (SSSR count). The van der Waals surface area contributed by atoms with E-state index in [1.54, 1.807) is 0 Å². The molecule has 0 saturated carbocycles. The second-order valence-electron chi connectivity index (χ2n) is 4.46. The number of aryl methyl sites for hydroxylation is 2. The summed E-state index contributed by atoms with van der Waals surface area (Å²) < 4.78 is 0. The lowest BCUT2D eigenvalue weighted by atomic mass is 10.0. The third-order valence-electron chi connectivity index (χ3n) is 3.25. The molecule has 0 aliphatic rings. The van der Waals surface area contributed by atoms with Crippen LogP contribution >= 0.6 is 12.4 Å². The van der Waals surface area contributed by atoms with E-state index in [9.17, 15) is 0 Å². The van der Waals surface area contributed by atoms with Gasteiger partial charge in [0, 0.05) is 17.3 Å². The number of nitrogens with zero attached hydrogens (tertiary/aromatic N) is 1. The average molecular weight is 270 g/mol. The molecule has 0 bridgehead atoms. The molecule has 0 aliphatic carbocycles. The molecular weight excluding hydrogens is 254 g/mol. The van der Waals surface area contributed by atoms with E-state index < -0.39 is 0 Å². The summed E-state index contributed by atoms with van der Waals surface area (Å²) in [5.41, 5.74) is 2.56. The molecule has 0 saturated heterocycles. The van der Waals surface area contributed by atoms with Crippen LogP contribution in [0, 0.1) is 0 Å². The summed E-state index contributed by atoms with van der Waals surface area (Å²) in [5.74, 6) is 0. The Labute approximate surface area is 119 Å². The first kappa shape index (κ1) is 13.6. The molecule has 96 valence electrons. The number of pyridine rings is 1. The number of hydrogen-bond acceptors (Lipinski definition) is 1. The number of halogens is 1. The van der Waals surface area contributed by atoms with Crippen molar-refractivity contribution >= 4 is 23.2 Å². The van der Waals surface area contributed by atoms with Crippen LogP contribution in [0.1, 0.15) is 11.3 Å². The van der Waals surface area contributed by atoms with Crippen molar-refractivity contribution in [3.63, 3.8) is 0 Å². The van der Waals surface area contributed by atoms with Crippen LogP contribution in [-0.4, -0.2) is 4.98 Å². The summed E-state index contributed by atoms with van der Waals surface area (Å²) in [6.45, 7) is 0. The van der Waals surface area contributed by atoms with Crippen LogP contribution < -0.4 is 0 Å². The van der Waals surface area contributed by atoms with Crippen molar-refractivity contribution < 1.29 is 0 Å². The van der Waals surface area contributed by atoms with E-state index >= 15 is 0 Å². The highest BCUT2D eigenvalue weighted by atomic mass is 35.5. The Hall–Kier alpha value is -1.86. The SMILES string of the molecule is Cl.c1ccc(CCc2nccc3ccccc23)cc1. The minimum absolute atomic E-state index is 0. The summed E-state index contributed by atoms with van der Waals surface area (Å²) in [7, 11) is 0. The summed E-state index contributed by atoms with van der Waals surface area (Å²) in [6.07, 6.45) is 3.94. The van der Waals surface area contributed by atoms with Gasteiger partial charge >= 0.3 is 0 Å². The highest BCUT2D eigenvalue weighted by Gasteiger charge is 2.02. The van der Waals surface area contributed by atoms with Crippen molar-refractivity contribution in [1.29, 1.82) is 0 Å². The zero-order chi connectivity index (χ0) is 12.2. The molecule has 2 heteroatoms. The maximum atomic E-state index is 4.52. The number of hydrogen-bond donors (Lipinski definition) is 0. The molecule has 2 aromatic carbocycles. The van der Waals surface area contributed by atoms with Crippen molar-refractivity contribution in [1.82, 2.24) is 4.98 Å². The van der Waals surface area contributed by atoms with Gasteiger partial charge in [0.1, 0.15) is 0 Å². The zero-order valence-corrected chi connectivity index (χ0v) is 11.4. The molecule has 1 heterocycles. The van der Waals surface area contributed by atoms with Crippen molar-refractivity contribution in [3.05, 3.63) is 78.1 Å². The minimum atomic E-state index is 0. The maximum Gasteiger partial charge on any atom is 0.0485 e. The van der Waals surface area contributed by atoms with Crippen molar-refractivity contribution in [2.45, 2.75) is 12.8 Å². The van der Waals surface area contributed by atoms with Crippen molar-refractivity contribution in [2.24, 2.45) is 0 Å². The van der Waals surface area contributed by atoms with Crippen molar-refractivity contribution in [2.75, 3.05) is 0 Å². The first-order valence-electron chi connectivity index (χ1n) is 6.30. The van der Waals surface area contributed by atoms with Gasteiger partial charge in [-0.2, -0.15) is 0 Å². The standard InChI is InChI=1S/C17H15N.ClH/c1-2-6-14(7-3-1)10-11-17-16-9-5-4-8-15(16)12-13-18-17;/h1-9,12-13H,10-11H2;1H. The lowest BCUT2D eigenvalue weighted by Gasteiger charge is -2.05. The van der Waals surface area contributed by atoms with Crippen LogP contribution in [0.4, 0.5) is 0 Å². The second kappa shape index (κ2) is 6.35. The first-order valence-corrected chi connectivity index (χ1v) is 6.30. The van der Waals surface area contributed by atoms with Gasteiger partial charge in [0.15, 0.2) is 0 Å². The molecule has 1 aromatic heterocycles. The quantitative estimate of drug-likeness (QED) is 0.685. The van der Waals surface area contributed by atoms with Crippen LogP contribution in [0.25, 0.3) is 10.8 Å². The monoisotopic (exact) mass is 269 g/mol. The Morgan fingerprint density at radius 1 is 0.737 bits per heavy atom. The second-order valence-corrected chi connectivity index (χ2v) is 4.46. The Morgan fingerprint density at radius 3 is 2.32 bits per heavy atom. The molecule has 0 spiro atoms. The fourth-order valence-corrected chi connectivity index (χ4v) is 2.29. The zero-order valence-electron chi connectivity index (χ0n) is 10.6. The molecule has 0 fully saturated rings. The molecule has 0 atom stereocenters. The third kappa shape index (κ3) is 3.12. The van der Waals surface area contributed by atoms with Crippen LogP contribution in [0.5, 0.6) is 0 Å². The van der Waals surface area contributed by atoms with Crippen LogP contribution in [0.3, 0.4) is 0 Å². The van der Waals surface area contributed by atoms with E-state index in [-0.39, 0.29) is 12.4 Å². The van der Waals surface area contributed by atoms with Gasteiger partial charge in [-0.1, -0.05) is 54.6 Å². The van der Waals surface area contributed by atoms with Gasteiger partial charge in [-0.05, 0) is 29.9 Å². The normalized spacial score (nSPS) is 10.1. The number of fused-ring (bicyclic) bond motifs is 1. The highest BCUT2D eigenvalue weighted by Crippen LogP contribution is 2.17. The molecule has 3 aromatic rings. The van der Waals surface area contributed by atoms with E-state index in [1.807, 2.05) is 6.20 Å². The highest BCUT2D eigenvalue weighted by molar-refractivity contribution is 5.85. The van der Waals surface area contributed by atoms with Crippen LogP contribution in [0.15, 0.2) is 66.9 Å². The lowest BCUT2D eigenvalue weighted by molar-refractivity contribution is 0.926. The topological polar surface area (TPSA) is 12.9 Å². The third-order valence-corrected chi connectivity index (χ3v) is 3.25. The molecule has 19 heavy (non-hydrogen) atoms. The molecule has 0 radical (unpaired) electrons. The Bertz CT molecular complexity index is 644. The summed E-state index contributed by atoms with van der Waals surface area (Å²) in [5, 5.41) is 2.55. The Balaban J connectivity index is 0.00000133. The first-order chi connectivity index (χ1) is 8.93. The van der Waals surface area contributed by atoms with Crippen LogP contribution in [0.2, 0.25) is 0 Å². The molecule has 1 nitrogen and oxygen atoms in total. The van der Waals surface area contributed by atoms with E-state index in [4.69, 9.17) is 0 Å². The molecule has 0 aliphatic heterocycles. The molecule has 0 amide bonds. The number of benzene rings is 2. The molecule has 0 unspecified atom stereocenters. The largest absolute Gasteiger partial charge is 0.261 e. The predicted octanol–water partition coefficient (Wildman–Crippen LogP) is 4.44. The van der Waals surface area contributed by atoms with Gasteiger partial charge in [-0.25, -0.2) is 0 Å². The van der Waals surface area contributed by atoms with E-state index in [2.05, 4.69) is 65.6 Å². The van der Waals surface area contributed by atoms with E-state index in [0.29, 0.717) is 0 Å². The lowest BCUT2D eigenvalue weighted by Crippen LogP contribution is -1.95. The molecule has 0 N–H and O–H groups in total. The number of aromatic nitrogens is 1. The van der Waals surface area contributed by atoms with Crippen molar-refractivity contribution in [3.8, 4) is 0 Å². The van der Waals surface area contributed by atoms with Crippen LogP contribution in [-0.2, 0) is 12.8 Å². The summed E-state index contributed by atoms with van der Waals surface area (Å²) in [4.78, 5) is 4.52. The van der Waals surface area contributed by atoms with E-state index in [1.165, 1.54) is 22.0 Å². The maximum absolute atomic E-state index is 4.52. The summed E-state index contributed by atoms with van der Waals surface area (Å²) in [6, 6.07) is 21.1. The Morgan fingerprint density at radius 2 is 1.47 bits per heavy atom. The van der Waals surface area contributed by atoms with Gasteiger partial charge in [-0.3, -0.25) is 4.98 Å². The Kier molecular flexibility index (Phi) is 4.53. The van der Waals surface area contributed by atoms with Gasteiger partial charge in [0.25, 0.3) is 0 Å². The van der Waals surface area contributed by atoms with Gasteiger partial charge in [0.2, 0.25) is 0 Å².